The molecule has 2 aromatic heterocycles. The third-order valence-electron chi connectivity index (χ3n) is 5.25. The van der Waals surface area contributed by atoms with Crippen LogP contribution in [-0.4, -0.2) is 56.4 Å². The van der Waals surface area contributed by atoms with E-state index in [9.17, 15) is 9.59 Å². The van der Waals surface area contributed by atoms with E-state index in [0.717, 1.165) is 5.56 Å². The van der Waals surface area contributed by atoms with Gasteiger partial charge in [-0.25, -0.2) is 4.98 Å². The van der Waals surface area contributed by atoms with Crippen LogP contribution >= 0.6 is 24.0 Å². The monoisotopic (exact) mass is 444 g/mol. The Morgan fingerprint density at radius 3 is 2.63 bits per heavy atom. The fourth-order valence-corrected chi connectivity index (χ4v) is 5.29. The largest absolute Gasteiger partial charge is 0.372 e. The second kappa shape index (κ2) is 8.13. The van der Waals surface area contributed by atoms with E-state index in [-0.39, 0.29) is 23.7 Å². The van der Waals surface area contributed by atoms with E-state index in [1.807, 2.05) is 39.8 Å². The first-order chi connectivity index (χ1) is 14.3. The molecular formula is C21H24N4O3S2. The zero-order chi connectivity index (χ0) is 21.6. The first-order valence-corrected chi connectivity index (χ1v) is 11.2. The predicted molar refractivity (Wildman–Crippen MR) is 124 cm³/mol. The summed E-state index contributed by atoms with van der Waals surface area (Å²) in [6, 6.07) is 3.76. The molecule has 4 heterocycles. The molecule has 0 spiro atoms. The number of likely N-dealkylation sites (N-methyl/N-ethyl adjacent to an activating group) is 1. The first kappa shape index (κ1) is 21.0. The average molecular weight is 445 g/mol. The van der Waals surface area contributed by atoms with Crippen LogP contribution in [0.1, 0.15) is 31.9 Å². The summed E-state index contributed by atoms with van der Waals surface area (Å²) in [7, 11) is 0. The molecule has 0 aliphatic carbocycles. The lowest BCUT2D eigenvalue weighted by atomic mass is 10.1. The van der Waals surface area contributed by atoms with Crippen LogP contribution in [0.15, 0.2) is 28.0 Å². The van der Waals surface area contributed by atoms with Gasteiger partial charge in [0.05, 0.1) is 22.7 Å². The van der Waals surface area contributed by atoms with Gasteiger partial charge in [0.25, 0.3) is 11.5 Å². The topological polar surface area (TPSA) is 67.2 Å². The van der Waals surface area contributed by atoms with Gasteiger partial charge in [-0.2, -0.15) is 0 Å². The van der Waals surface area contributed by atoms with E-state index in [4.69, 9.17) is 21.9 Å². The van der Waals surface area contributed by atoms with Crippen LogP contribution in [0.5, 0.6) is 0 Å². The number of hydrogen-bond donors (Lipinski definition) is 0. The lowest BCUT2D eigenvalue weighted by Crippen LogP contribution is -2.46. The molecule has 7 nitrogen and oxygen atoms in total. The second-order valence-electron chi connectivity index (χ2n) is 7.63. The Balaban J connectivity index is 1.92. The summed E-state index contributed by atoms with van der Waals surface area (Å²) in [6.07, 6.45) is 3.38. The number of pyridine rings is 1. The van der Waals surface area contributed by atoms with Crippen molar-refractivity contribution < 1.29 is 9.53 Å². The molecule has 2 saturated heterocycles. The molecule has 30 heavy (non-hydrogen) atoms. The van der Waals surface area contributed by atoms with E-state index >= 15 is 0 Å². The molecule has 2 aromatic rings. The maximum absolute atomic E-state index is 13.5. The van der Waals surface area contributed by atoms with Crippen molar-refractivity contribution >= 4 is 51.7 Å². The number of ether oxygens (including phenoxy) is 1. The third-order valence-corrected chi connectivity index (χ3v) is 6.63. The number of fused-ring (bicyclic) bond motifs is 1. The molecule has 0 N–H and O–H groups in total. The number of carbonyl (C=O) groups is 1. The number of thiocarbonyl (C=S) groups is 1. The van der Waals surface area contributed by atoms with Crippen molar-refractivity contribution in [3.8, 4) is 0 Å². The summed E-state index contributed by atoms with van der Waals surface area (Å²) < 4.78 is 7.91. The van der Waals surface area contributed by atoms with E-state index in [1.165, 1.54) is 11.8 Å². The molecule has 158 valence electrons. The molecule has 2 aliphatic heterocycles. The lowest BCUT2D eigenvalue weighted by Gasteiger charge is -2.36. The number of thioether (sulfide) groups is 1. The van der Waals surface area contributed by atoms with Crippen molar-refractivity contribution in [1.29, 1.82) is 0 Å². The Bertz CT molecular complexity index is 1120. The van der Waals surface area contributed by atoms with Crippen molar-refractivity contribution in [2.24, 2.45) is 0 Å². The van der Waals surface area contributed by atoms with Gasteiger partial charge >= 0.3 is 0 Å². The van der Waals surface area contributed by atoms with Crippen molar-refractivity contribution in [3.63, 3.8) is 0 Å². The molecule has 9 heteroatoms. The van der Waals surface area contributed by atoms with E-state index in [2.05, 4.69) is 4.90 Å². The standard InChI is InChI=1S/C21H24N4O3S2/c1-5-24-20(27)16(30-21(24)29)9-15-18(23-10-13(3)28-14(4)11-23)22-17-12(2)7-6-8-25(17)19(15)26/h6-9,13-14H,5,10-11H2,1-4H3/b16-9+/t13-,14-/m0/s1. The lowest BCUT2D eigenvalue weighted by molar-refractivity contribution is -0.121. The molecule has 0 radical (unpaired) electrons. The molecule has 0 bridgehead atoms. The Hall–Kier alpha value is -2.23. The SMILES string of the molecule is CCN1C(=O)/C(=C\c2c(N3C[C@H](C)O[C@@H](C)C3)nc3c(C)cccn3c2=O)SC1=S. The molecule has 2 atom stereocenters. The van der Waals surface area contributed by atoms with Gasteiger partial charge < -0.3 is 9.64 Å². The van der Waals surface area contributed by atoms with Gasteiger partial charge in [-0.05, 0) is 45.4 Å². The van der Waals surface area contributed by atoms with Gasteiger partial charge in [-0.15, -0.1) is 0 Å². The van der Waals surface area contributed by atoms with Crippen molar-refractivity contribution in [2.75, 3.05) is 24.5 Å². The predicted octanol–water partition coefficient (Wildman–Crippen LogP) is 2.84. The Kier molecular flexibility index (Phi) is 5.69. The maximum atomic E-state index is 13.5. The number of aromatic nitrogens is 2. The third kappa shape index (κ3) is 3.66. The van der Waals surface area contributed by atoms with E-state index in [1.54, 1.807) is 21.6 Å². The van der Waals surface area contributed by atoms with Crippen molar-refractivity contribution in [2.45, 2.75) is 39.9 Å². The number of rotatable bonds is 3. The number of anilines is 1. The number of hydrogen-bond acceptors (Lipinski definition) is 7. The maximum Gasteiger partial charge on any atom is 0.267 e. The minimum absolute atomic E-state index is 0.0111. The molecule has 0 saturated carbocycles. The summed E-state index contributed by atoms with van der Waals surface area (Å²) in [6.45, 7) is 9.57. The van der Waals surface area contributed by atoms with E-state index < -0.39 is 0 Å². The van der Waals surface area contributed by atoms with Gasteiger partial charge in [0, 0.05) is 25.8 Å². The van der Waals surface area contributed by atoms with Gasteiger partial charge in [-0.1, -0.05) is 30.0 Å². The molecule has 1 amide bonds. The van der Waals surface area contributed by atoms with Crippen molar-refractivity contribution in [3.05, 3.63) is 44.7 Å². The highest BCUT2D eigenvalue weighted by Crippen LogP contribution is 2.33. The first-order valence-electron chi connectivity index (χ1n) is 9.98. The van der Waals surface area contributed by atoms with Crippen LogP contribution in [0.2, 0.25) is 0 Å². The summed E-state index contributed by atoms with van der Waals surface area (Å²) in [5, 5.41) is 0. The number of aryl methyl sites for hydroxylation is 1. The van der Waals surface area contributed by atoms with Gasteiger partial charge in [0.1, 0.15) is 15.8 Å². The smallest absolute Gasteiger partial charge is 0.267 e. The van der Waals surface area contributed by atoms with Gasteiger partial charge in [-0.3, -0.25) is 18.9 Å². The Morgan fingerprint density at radius 2 is 2.00 bits per heavy atom. The zero-order valence-corrected chi connectivity index (χ0v) is 19.0. The quantitative estimate of drug-likeness (QED) is 0.533. The zero-order valence-electron chi connectivity index (χ0n) is 17.4. The summed E-state index contributed by atoms with van der Waals surface area (Å²) in [5.41, 5.74) is 1.72. The molecule has 0 unspecified atom stereocenters. The van der Waals surface area contributed by atoms with Crippen LogP contribution < -0.4 is 10.5 Å². The normalized spacial score (nSPS) is 23.8. The fraction of sp³-hybridized carbons (Fsp3) is 0.429. The molecule has 0 aromatic carbocycles. The highest BCUT2D eigenvalue weighted by Gasteiger charge is 2.32. The Labute approximate surface area is 184 Å². The van der Waals surface area contributed by atoms with Crippen LogP contribution in [-0.2, 0) is 9.53 Å². The molecule has 2 fully saturated rings. The summed E-state index contributed by atoms with van der Waals surface area (Å²) in [5.74, 6) is 0.411. The summed E-state index contributed by atoms with van der Waals surface area (Å²) >= 11 is 6.55. The van der Waals surface area contributed by atoms with Crippen LogP contribution in [0.3, 0.4) is 0 Å². The van der Waals surface area contributed by atoms with Crippen LogP contribution in [0, 0.1) is 6.92 Å². The highest BCUT2D eigenvalue weighted by molar-refractivity contribution is 8.26. The van der Waals surface area contributed by atoms with Crippen molar-refractivity contribution in [1.82, 2.24) is 14.3 Å². The molecule has 2 aliphatic rings. The Morgan fingerprint density at radius 1 is 1.30 bits per heavy atom. The highest BCUT2D eigenvalue weighted by atomic mass is 32.2. The molecular weight excluding hydrogens is 420 g/mol. The van der Waals surface area contributed by atoms with Crippen LogP contribution in [0.4, 0.5) is 5.82 Å². The van der Waals surface area contributed by atoms with E-state index in [0.29, 0.717) is 45.9 Å². The summed E-state index contributed by atoms with van der Waals surface area (Å²) in [4.78, 5) is 35.2. The van der Waals surface area contributed by atoms with Crippen LogP contribution in [0.25, 0.3) is 11.7 Å². The number of nitrogens with zero attached hydrogens (tertiary/aromatic N) is 4. The second-order valence-corrected chi connectivity index (χ2v) is 9.30. The molecule has 4 rings (SSSR count). The average Bonchev–Trinajstić information content (AvgIpc) is 2.96. The number of amides is 1. The number of carbonyl (C=O) groups excluding carboxylic acids is 1. The van der Waals surface area contributed by atoms with Gasteiger partial charge in [0.15, 0.2) is 0 Å². The minimum atomic E-state index is -0.202. The van der Waals surface area contributed by atoms with Gasteiger partial charge in [0.2, 0.25) is 0 Å². The number of morpholine rings is 1. The minimum Gasteiger partial charge on any atom is -0.372 e. The fourth-order valence-electron chi connectivity index (χ4n) is 3.92.